The molecular formula is C12H15N3O. The lowest BCUT2D eigenvalue weighted by atomic mass is 10.3. The van der Waals surface area contributed by atoms with Crippen LogP contribution in [0.2, 0.25) is 0 Å². The van der Waals surface area contributed by atoms with Crippen molar-refractivity contribution >= 4 is 11.0 Å². The maximum atomic E-state index is 5.74. The molecule has 0 radical (unpaired) electrons. The highest BCUT2D eigenvalue weighted by molar-refractivity contribution is 5.78. The maximum absolute atomic E-state index is 5.74. The van der Waals surface area contributed by atoms with Gasteiger partial charge in [-0.3, -0.25) is 0 Å². The van der Waals surface area contributed by atoms with E-state index in [4.69, 9.17) is 10.5 Å². The van der Waals surface area contributed by atoms with Crippen molar-refractivity contribution in [3.05, 3.63) is 24.0 Å². The van der Waals surface area contributed by atoms with Crippen LogP contribution in [0.5, 0.6) is 5.75 Å². The van der Waals surface area contributed by atoms with Crippen LogP contribution in [0.1, 0.15) is 24.7 Å². The van der Waals surface area contributed by atoms with E-state index in [2.05, 4.69) is 15.6 Å². The second-order valence-electron chi connectivity index (χ2n) is 4.19. The van der Waals surface area contributed by atoms with Gasteiger partial charge in [0.1, 0.15) is 11.6 Å². The van der Waals surface area contributed by atoms with Crippen molar-refractivity contribution in [1.29, 1.82) is 0 Å². The van der Waals surface area contributed by atoms with E-state index < -0.39 is 0 Å². The van der Waals surface area contributed by atoms with E-state index in [-0.39, 0.29) is 0 Å². The molecule has 0 atom stereocenters. The van der Waals surface area contributed by atoms with Gasteiger partial charge in [-0.15, -0.1) is 0 Å². The fraction of sp³-hybridized carbons (Fsp3) is 0.417. The minimum atomic E-state index is 0.494. The average molecular weight is 217 g/mol. The number of imidazole rings is 1. The van der Waals surface area contributed by atoms with Crippen LogP contribution in [-0.2, 0) is 6.54 Å². The van der Waals surface area contributed by atoms with Crippen LogP contribution in [0.25, 0.3) is 11.0 Å². The average Bonchev–Trinajstić information content (AvgIpc) is 3.08. The van der Waals surface area contributed by atoms with Gasteiger partial charge in [-0.1, -0.05) is 0 Å². The number of ether oxygens (including phenoxy) is 1. The first-order chi connectivity index (χ1) is 7.83. The Morgan fingerprint density at radius 1 is 1.50 bits per heavy atom. The molecule has 4 nitrogen and oxygen atoms in total. The summed E-state index contributed by atoms with van der Waals surface area (Å²) in [5.74, 6) is 1.82. The Morgan fingerprint density at radius 3 is 2.94 bits per heavy atom. The number of aromatic nitrogens is 2. The topological polar surface area (TPSA) is 53.1 Å². The van der Waals surface area contributed by atoms with Crippen LogP contribution in [0.3, 0.4) is 0 Å². The molecule has 0 spiro atoms. The molecule has 16 heavy (non-hydrogen) atoms. The third-order valence-electron chi connectivity index (χ3n) is 3.06. The molecule has 1 saturated carbocycles. The van der Waals surface area contributed by atoms with E-state index >= 15 is 0 Å². The predicted molar refractivity (Wildman–Crippen MR) is 62.4 cm³/mol. The summed E-state index contributed by atoms with van der Waals surface area (Å²) in [6.07, 6.45) is 2.48. The highest BCUT2D eigenvalue weighted by Crippen LogP contribution is 2.39. The molecule has 1 aromatic carbocycles. The summed E-state index contributed by atoms with van der Waals surface area (Å²) < 4.78 is 7.47. The van der Waals surface area contributed by atoms with Crippen LogP contribution < -0.4 is 10.5 Å². The molecule has 1 fully saturated rings. The van der Waals surface area contributed by atoms with Crippen LogP contribution in [-0.4, -0.2) is 16.7 Å². The molecule has 2 N–H and O–H groups in total. The largest absolute Gasteiger partial charge is 0.497 e. The Morgan fingerprint density at radius 2 is 2.31 bits per heavy atom. The molecule has 0 amide bonds. The number of hydrogen-bond acceptors (Lipinski definition) is 3. The lowest BCUT2D eigenvalue weighted by molar-refractivity contribution is 0.415. The highest BCUT2D eigenvalue weighted by Gasteiger charge is 2.27. The Bertz CT molecular complexity index is 528. The number of benzene rings is 1. The zero-order valence-electron chi connectivity index (χ0n) is 9.31. The normalized spacial score (nSPS) is 15.6. The number of methoxy groups -OCH3 is 1. The molecule has 3 rings (SSSR count). The van der Waals surface area contributed by atoms with Gasteiger partial charge in [-0.05, 0) is 25.0 Å². The number of rotatable bonds is 3. The van der Waals surface area contributed by atoms with Gasteiger partial charge in [0.15, 0.2) is 0 Å². The molecule has 0 unspecified atom stereocenters. The lowest BCUT2D eigenvalue weighted by Gasteiger charge is -2.05. The summed E-state index contributed by atoms with van der Waals surface area (Å²) >= 11 is 0. The maximum Gasteiger partial charge on any atom is 0.123 e. The van der Waals surface area contributed by atoms with Crippen molar-refractivity contribution < 1.29 is 4.74 Å². The molecule has 4 heteroatoms. The molecule has 0 aliphatic heterocycles. The first-order valence-electron chi connectivity index (χ1n) is 5.58. The number of hydrogen-bond donors (Lipinski definition) is 1. The second kappa shape index (κ2) is 3.49. The fourth-order valence-electron chi connectivity index (χ4n) is 2.14. The first-order valence-corrected chi connectivity index (χ1v) is 5.58. The summed E-state index contributed by atoms with van der Waals surface area (Å²) in [5, 5.41) is 0. The fourth-order valence-corrected chi connectivity index (χ4v) is 2.14. The third-order valence-corrected chi connectivity index (χ3v) is 3.06. The van der Waals surface area contributed by atoms with Crippen molar-refractivity contribution in [2.75, 3.05) is 7.11 Å². The van der Waals surface area contributed by atoms with Gasteiger partial charge in [-0.25, -0.2) is 4.98 Å². The van der Waals surface area contributed by atoms with Crippen LogP contribution in [0.4, 0.5) is 0 Å². The predicted octanol–water partition coefficient (Wildman–Crippen LogP) is 1.84. The van der Waals surface area contributed by atoms with Crippen molar-refractivity contribution in [2.45, 2.75) is 25.4 Å². The van der Waals surface area contributed by atoms with E-state index in [0.717, 1.165) is 17.1 Å². The second-order valence-corrected chi connectivity index (χ2v) is 4.19. The van der Waals surface area contributed by atoms with Crippen molar-refractivity contribution in [3.63, 3.8) is 0 Å². The summed E-state index contributed by atoms with van der Waals surface area (Å²) in [6, 6.07) is 6.62. The molecule has 0 bridgehead atoms. The van der Waals surface area contributed by atoms with E-state index in [0.29, 0.717) is 12.6 Å². The Kier molecular flexibility index (Phi) is 2.11. The summed E-state index contributed by atoms with van der Waals surface area (Å²) in [5.41, 5.74) is 7.88. The van der Waals surface area contributed by atoms with Crippen LogP contribution in [0.15, 0.2) is 18.2 Å². The van der Waals surface area contributed by atoms with E-state index in [1.165, 1.54) is 18.4 Å². The summed E-state index contributed by atoms with van der Waals surface area (Å²) in [7, 11) is 1.67. The quantitative estimate of drug-likeness (QED) is 0.853. The van der Waals surface area contributed by atoms with Crippen LogP contribution >= 0.6 is 0 Å². The highest BCUT2D eigenvalue weighted by atomic mass is 16.5. The SMILES string of the molecule is COc1ccc2c(c1)nc(CN)n2C1CC1. The molecule has 1 aliphatic carbocycles. The molecule has 84 valence electrons. The number of fused-ring (bicyclic) bond motifs is 1. The van der Waals surface area contributed by atoms with Crippen molar-refractivity contribution in [1.82, 2.24) is 9.55 Å². The van der Waals surface area contributed by atoms with Gasteiger partial charge in [0.25, 0.3) is 0 Å². The Balaban J connectivity index is 2.21. The molecule has 1 aliphatic rings. The molecular weight excluding hydrogens is 202 g/mol. The van der Waals surface area contributed by atoms with Crippen molar-refractivity contribution in [3.8, 4) is 5.75 Å². The van der Waals surface area contributed by atoms with Crippen LogP contribution in [0, 0.1) is 0 Å². The zero-order chi connectivity index (χ0) is 11.1. The first kappa shape index (κ1) is 9.66. The summed E-state index contributed by atoms with van der Waals surface area (Å²) in [6.45, 7) is 0.494. The van der Waals surface area contributed by atoms with E-state index in [9.17, 15) is 0 Å². The van der Waals surface area contributed by atoms with Gasteiger partial charge < -0.3 is 15.0 Å². The lowest BCUT2D eigenvalue weighted by Crippen LogP contribution is -2.06. The Hall–Kier alpha value is -1.55. The van der Waals surface area contributed by atoms with Gasteiger partial charge in [0, 0.05) is 12.1 Å². The van der Waals surface area contributed by atoms with Gasteiger partial charge in [0.05, 0.1) is 24.7 Å². The van der Waals surface area contributed by atoms with E-state index in [1.54, 1.807) is 7.11 Å². The number of nitrogens with zero attached hydrogens (tertiary/aromatic N) is 2. The molecule has 2 aromatic rings. The minimum absolute atomic E-state index is 0.494. The molecule has 1 heterocycles. The third kappa shape index (κ3) is 1.38. The standard InChI is InChI=1S/C12H15N3O/c1-16-9-4-5-11-10(6-9)14-12(7-13)15(11)8-2-3-8/h4-6,8H,2-3,7,13H2,1H3. The van der Waals surface area contributed by atoms with E-state index in [1.807, 2.05) is 12.1 Å². The number of nitrogens with two attached hydrogens (primary N) is 1. The minimum Gasteiger partial charge on any atom is -0.497 e. The zero-order valence-corrected chi connectivity index (χ0v) is 9.31. The molecule has 0 saturated heterocycles. The van der Waals surface area contributed by atoms with Gasteiger partial charge in [-0.2, -0.15) is 0 Å². The summed E-state index contributed by atoms with van der Waals surface area (Å²) in [4.78, 5) is 4.56. The molecule has 1 aromatic heterocycles. The van der Waals surface area contributed by atoms with Gasteiger partial charge in [0.2, 0.25) is 0 Å². The van der Waals surface area contributed by atoms with Crippen molar-refractivity contribution in [2.24, 2.45) is 5.73 Å². The monoisotopic (exact) mass is 217 g/mol. The Labute approximate surface area is 94.0 Å². The smallest absolute Gasteiger partial charge is 0.123 e. The van der Waals surface area contributed by atoms with Gasteiger partial charge >= 0.3 is 0 Å².